The van der Waals surface area contributed by atoms with Gasteiger partial charge in [-0.05, 0) is 32.0 Å². The fraction of sp³-hybridized carbons (Fsp3) is 0.308. The summed E-state index contributed by atoms with van der Waals surface area (Å²) < 4.78 is 23.3. The molecule has 0 radical (unpaired) electrons. The van der Waals surface area contributed by atoms with Crippen LogP contribution in [0.1, 0.15) is 24.2 Å². The molecule has 0 aromatic heterocycles. The van der Waals surface area contributed by atoms with Crippen LogP contribution in [0.15, 0.2) is 40.2 Å². The topological polar surface area (TPSA) is 54.5 Å². The summed E-state index contributed by atoms with van der Waals surface area (Å²) >= 11 is 3.18. The van der Waals surface area contributed by atoms with Gasteiger partial charge in [-0.25, -0.2) is 8.42 Å². The highest BCUT2D eigenvalue weighted by Crippen LogP contribution is 2.23. The smallest absolute Gasteiger partial charge is 0.261 e. The van der Waals surface area contributed by atoms with E-state index in [-0.39, 0.29) is 22.4 Å². The average Bonchev–Trinajstić information content (AvgIpc) is 2.33. The van der Waals surface area contributed by atoms with Crippen molar-refractivity contribution in [1.82, 2.24) is 4.90 Å². The summed E-state index contributed by atoms with van der Waals surface area (Å²) in [5.41, 5.74) is 0.258. The van der Waals surface area contributed by atoms with Gasteiger partial charge >= 0.3 is 0 Å². The molecular formula is C13H15BrClNO3S. The summed E-state index contributed by atoms with van der Waals surface area (Å²) in [4.78, 5) is 13.9. The predicted molar refractivity (Wildman–Crippen MR) is 83.6 cm³/mol. The quantitative estimate of drug-likeness (QED) is 0.581. The standard InChI is InChI=1S/C13H15BrClNO3S/c1-4-5-16(9(2)3)13(17)10-6-11(14)8-12(7-10)20(15,18)19/h4,6-9H,1,5H2,2-3H3. The third-order valence-corrected chi connectivity index (χ3v) is 4.40. The van der Waals surface area contributed by atoms with Gasteiger partial charge in [0.15, 0.2) is 0 Å². The number of halogens is 2. The summed E-state index contributed by atoms with van der Waals surface area (Å²) in [6, 6.07) is 4.16. The van der Waals surface area contributed by atoms with E-state index in [0.717, 1.165) is 0 Å². The Morgan fingerprint density at radius 3 is 2.50 bits per heavy atom. The van der Waals surface area contributed by atoms with Gasteiger partial charge in [0.25, 0.3) is 15.0 Å². The van der Waals surface area contributed by atoms with Gasteiger partial charge in [0.1, 0.15) is 0 Å². The molecule has 1 aromatic carbocycles. The van der Waals surface area contributed by atoms with Crippen LogP contribution in [0.3, 0.4) is 0 Å². The van der Waals surface area contributed by atoms with Crippen molar-refractivity contribution in [2.24, 2.45) is 0 Å². The summed E-state index contributed by atoms with van der Waals surface area (Å²) in [6.45, 7) is 7.74. The van der Waals surface area contributed by atoms with Crippen molar-refractivity contribution in [1.29, 1.82) is 0 Å². The van der Waals surface area contributed by atoms with Crippen molar-refractivity contribution >= 4 is 41.6 Å². The normalized spacial score (nSPS) is 11.4. The summed E-state index contributed by atoms with van der Waals surface area (Å²) in [5, 5.41) is 0. The molecule has 0 unspecified atom stereocenters. The van der Waals surface area contributed by atoms with Crippen molar-refractivity contribution in [3.63, 3.8) is 0 Å². The molecule has 20 heavy (non-hydrogen) atoms. The van der Waals surface area contributed by atoms with Crippen molar-refractivity contribution in [2.45, 2.75) is 24.8 Å². The van der Waals surface area contributed by atoms with E-state index in [2.05, 4.69) is 22.5 Å². The first-order valence-corrected chi connectivity index (χ1v) is 8.94. The Morgan fingerprint density at radius 1 is 1.45 bits per heavy atom. The minimum atomic E-state index is -3.89. The Kier molecular flexibility index (Phi) is 5.79. The highest BCUT2D eigenvalue weighted by molar-refractivity contribution is 9.10. The molecule has 0 fully saturated rings. The lowest BCUT2D eigenvalue weighted by atomic mass is 10.1. The SMILES string of the molecule is C=CCN(C(=O)c1cc(Br)cc(S(=O)(=O)Cl)c1)C(C)C. The largest absolute Gasteiger partial charge is 0.333 e. The van der Waals surface area contributed by atoms with Crippen molar-refractivity contribution in [2.75, 3.05) is 6.54 Å². The van der Waals surface area contributed by atoms with Crippen molar-refractivity contribution < 1.29 is 13.2 Å². The third-order valence-electron chi connectivity index (χ3n) is 2.61. The van der Waals surface area contributed by atoms with Gasteiger partial charge in [0.2, 0.25) is 0 Å². The van der Waals surface area contributed by atoms with Crippen LogP contribution in [0.25, 0.3) is 0 Å². The molecule has 1 rings (SSSR count). The first kappa shape index (κ1) is 17.2. The fourth-order valence-electron chi connectivity index (χ4n) is 1.66. The van der Waals surface area contributed by atoms with Crippen molar-refractivity contribution in [3.05, 3.63) is 40.9 Å². The molecule has 0 saturated heterocycles. The Morgan fingerprint density at radius 2 is 2.05 bits per heavy atom. The second-order valence-electron chi connectivity index (χ2n) is 4.45. The van der Waals surface area contributed by atoms with Gasteiger partial charge in [-0.3, -0.25) is 4.79 Å². The first-order chi connectivity index (χ1) is 9.16. The number of amides is 1. The van der Waals surface area contributed by atoms with Crippen LogP contribution in [0.2, 0.25) is 0 Å². The van der Waals surface area contributed by atoms with Gasteiger partial charge < -0.3 is 4.90 Å². The maximum atomic E-state index is 12.4. The minimum absolute atomic E-state index is 0.0319. The molecule has 0 aliphatic heterocycles. The number of rotatable bonds is 5. The Balaban J connectivity index is 3.28. The molecule has 1 amide bonds. The second kappa shape index (κ2) is 6.74. The van der Waals surface area contributed by atoms with Gasteiger partial charge in [0, 0.05) is 33.3 Å². The fourth-order valence-corrected chi connectivity index (χ4v) is 3.11. The number of carbonyl (C=O) groups is 1. The van der Waals surface area contributed by atoms with Crippen LogP contribution in [0, 0.1) is 0 Å². The van der Waals surface area contributed by atoms with Crippen molar-refractivity contribution in [3.8, 4) is 0 Å². The minimum Gasteiger partial charge on any atom is -0.333 e. The maximum absolute atomic E-state index is 12.4. The van der Waals surface area contributed by atoms with E-state index in [0.29, 0.717) is 11.0 Å². The lowest BCUT2D eigenvalue weighted by molar-refractivity contribution is 0.0728. The van der Waals surface area contributed by atoms with E-state index in [1.165, 1.54) is 12.1 Å². The molecule has 0 atom stereocenters. The highest BCUT2D eigenvalue weighted by Gasteiger charge is 2.20. The molecule has 7 heteroatoms. The lowest BCUT2D eigenvalue weighted by Crippen LogP contribution is -2.37. The zero-order valence-corrected chi connectivity index (χ0v) is 14.3. The molecule has 0 N–H and O–H groups in total. The van der Waals surface area contributed by atoms with Crippen LogP contribution >= 0.6 is 26.6 Å². The van der Waals surface area contributed by atoms with Gasteiger partial charge in [0.05, 0.1) is 4.90 Å². The molecule has 0 saturated carbocycles. The number of hydrogen-bond acceptors (Lipinski definition) is 3. The van der Waals surface area contributed by atoms with E-state index in [1.807, 2.05) is 13.8 Å². The van der Waals surface area contributed by atoms with E-state index >= 15 is 0 Å². The Labute approximate surface area is 132 Å². The van der Waals surface area contributed by atoms with E-state index in [1.54, 1.807) is 17.0 Å². The Hall–Kier alpha value is -0.850. The summed E-state index contributed by atoms with van der Waals surface area (Å²) in [6.07, 6.45) is 1.62. The van der Waals surface area contributed by atoms with Gasteiger partial charge in [-0.15, -0.1) is 6.58 Å². The lowest BCUT2D eigenvalue weighted by Gasteiger charge is -2.25. The maximum Gasteiger partial charge on any atom is 0.261 e. The number of nitrogens with zero attached hydrogens (tertiary/aromatic N) is 1. The Bertz CT molecular complexity index is 629. The van der Waals surface area contributed by atoms with E-state index < -0.39 is 9.05 Å². The highest BCUT2D eigenvalue weighted by atomic mass is 79.9. The van der Waals surface area contributed by atoms with E-state index in [4.69, 9.17) is 10.7 Å². The molecule has 110 valence electrons. The molecule has 0 aliphatic rings. The van der Waals surface area contributed by atoms with Crippen LogP contribution < -0.4 is 0 Å². The molecule has 0 spiro atoms. The van der Waals surface area contributed by atoms with Crippen LogP contribution in [-0.4, -0.2) is 31.8 Å². The van der Waals surface area contributed by atoms with Gasteiger partial charge in [-0.1, -0.05) is 22.0 Å². The van der Waals surface area contributed by atoms with Crippen LogP contribution in [-0.2, 0) is 9.05 Å². The zero-order valence-electron chi connectivity index (χ0n) is 11.1. The van der Waals surface area contributed by atoms with Crippen LogP contribution in [0.5, 0.6) is 0 Å². The molecule has 0 bridgehead atoms. The second-order valence-corrected chi connectivity index (χ2v) is 7.94. The monoisotopic (exact) mass is 379 g/mol. The van der Waals surface area contributed by atoms with E-state index in [9.17, 15) is 13.2 Å². The summed E-state index contributed by atoms with van der Waals surface area (Å²) in [5.74, 6) is -0.275. The average molecular weight is 381 g/mol. The zero-order chi connectivity index (χ0) is 15.5. The third kappa shape index (κ3) is 4.33. The summed E-state index contributed by atoms with van der Waals surface area (Å²) in [7, 11) is 1.43. The number of hydrogen-bond donors (Lipinski definition) is 0. The number of carbonyl (C=O) groups excluding carboxylic acids is 1. The first-order valence-electron chi connectivity index (χ1n) is 5.84. The molecular weight excluding hydrogens is 366 g/mol. The van der Waals surface area contributed by atoms with Gasteiger partial charge in [-0.2, -0.15) is 0 Å². The van der Waals surface area contributed by atoms with Crippen LogP contribution in [0.4, 0.5) is 0 Å². The number of benzene rings is 1. The molecule has 1 aromatic rings. The predicted octanol–water partition coefficient (Wildman–Crippen LogP) is 3.41. The molecule has 0 heterocycles. The molecule has 4 nitrogen and oxygen atoms in total. The molecule has 0 aliphatic carbocycles.